The number of H-pyrrole nitrogens is 1. The van der Waals surface area contributed by atoms with E-state index in [1.165, 1.54) is 22.7 Å². The molecule has 0 atom stereocenters. The normalized spacial score (nSPS) is 10.5. The molecule has 0 radical (unpaired) electrons. The quantitative estimate of drug-likeness (QED) is 0.311. The lowest BCUT2D eigenvalue weighted by molar-refractivity contribution is -0.121. The number of anilines is 1. The first kappa shape index (κ1) is 21.4. The minimum absolute atomic E-state index is 0.0458. The van der Waals surface area contributed by atoms with Crippen molar-refractivity contribution in [2.75, 3.05) is 5.32 Å². The second-order valence-electron chi connectivity index (χ2n) is 6.66. The largest absolute Gasteiger partial charge is 0.302 e. The van der Waals surface area contributed by atoms with Gasteiger partial charge in [0.05, 0.1) is 24.2 Å². The summed E-state index contributed by atoms with van der Waals surface area (Å²) in [7, 11) is 0. The number of nitrogens with one attached hydrogen (secondary N) is 4. The molecule has 0 unspecified atom stereocenters. The predicted octanol–water partition coefficient (Wildman–Crippen LogP) is 2.78. The van der Waals surface area contributed by atoms with Crippen LogP contribution in [0.4, 0.5) is 5.13 Å². The first-order chi connectivity index (χ1) is 15.6. The maximum Gasteiger partial charge on any atom is 0.287 e. The summed E-state index contributed by atoms with van der Waals surface area (Å²) in [5.74, 6) is -1.13. The van der Waals surface area contributed by atoms with Crippen molar-refractivity contribution in [3.63, 3.8) is 0 Å². The Morgan fingerprint density at radius 1 is 0.938 bits per heavy atom. The maximum atomic E-state index is 12.2. The van der Waals surface area contributed by atoms with Gasteiger partial charge in [-0.25, -0.2) is 4.98 Å². The molecule has 0 aliphatic rings. The highest BCUT2D eigenvalue weighted by Crippen LogP contribution is 2.18. The van der Waals surface area contributed by atoms with Gasteiger partial charge in [0.1, 0.15) is 5.69 Å². The van der Waals surface area contributed by atoms with Crippen molar-refractivity contribution in [2.45, 2.75) is 12.8 Å². The molecule has 0 saturated heterocycles. The van der Waals surface area contributed by atoms with E-state index in [4.69, 9.17) is 0 Å². The van der Waals surface area contributed by atoms with E-state index < -0.39 is 11.8 Å². The number of thiazole rings is 1. The summed E-state index contributed by atoms with van der Waals surface area (Å²) in [5.41, 5.74) is 6.89. The van der Waals surface area contributed by atoms with Gasteiger partial charge in [-0.1, -0.05) is 36.4 Å². The molecular formula is C21H18N6O3S2. The van der Waals surface area contributed by atoms with E-state index in [-0.39, 0.29) is 24.4 Å². The Hall–Kier alpha value is -3.83. The summed E-state index contributed by atoms with van der Waals surface area (Å²) in [5, 5.41) is 13.5. The molecule has 0 spiro atoms. The number of amides is 3. The van der Waals surface area contributed by atoms with Crippen LogP contribution in [0.25, 0.3) is 11.3 Å². The van der Waals surface area contributed by atoms with Crippen LogP contribution in [0.2, 0.25) is 0 Å². The van der Waals surface area contributed by atoms with Gasteiger partial charge in [-0.3, -0.25) is 30.3 Å². The van der Waals surface area contributed by atoms with Crippen LogP contribution in [0.15, 0.2) is 59.3 Å². The van der Waals surface area contributed by atoms with Crippen LogP contribution in [-0.4, -0.2) is 32.9 Å². The molecular weight excluding hydrogens is 448 g/mol. The lowest BCUT2D eigenvalue weighted by atomic mass is 10.1. The van der Waals surface area contributed by atoms with Gasteiger partial charge in [0.2, 0.25) is 11.8 Å². The zero-order valence-electron chi connectivity index (χ0n) is 16.6. The smallest absolute Gasteiger partial charge is 0.287 e. The van der Waals surface area contributed by atoms with Crippen molar-refractivity contribution in [3.05, 3.63) is 75.6 Å². The molecule has 32 heavy (non-hydrogen) atoms. The Morgan fingerprint density at radius 2 is 1.78 bits per heavy atom. The molecule has 162 valence electrons. The third kappa shape index (κ3) is 5.65. The van der Waals surface area contributed by atoms with Crippen LogP contribution in [0.3, 0.4) is 0 Å². The van der Waals surface area contributed by atoms with Gasteiger partial charge < -0.3 is 5.32 Å². The minimum atomic E-state index is -0.521. The number of nitrogens with zero attached hydrogens (tertiary/aromatic N) is 2. The number of hydrazine groups is 1. The first-order valence-corrected chi connectivity index (χ1v) is 11.3. The number of rotatable bonds is 7. The summed E-state index contributed by atoms with van der Waals surface area (Å²) >= 11 is 2.74. The highest BCUT2D eigenvalue weighted by molar-refractivity contribution is 7.14. The molecule has 4 N–H and O–H groups in total. The average Bonchev–Trinajstić information content (AvgIpc) is 3.55. The highest BCUT2D eigenvalue weighted by Gasteiger charge is 2.14. The number of thiophene rings is 1. The number of aromatic amines is 1. The molecule has 0 aliphatic carbocycles. The van der Waals surface area contributed by atoms with Crippen LogP contribution >= 0.6 is 22.7 Å². The van der Waals surface area contributed by atoms with Crippen LogP contribution in [-0.2, 0) is 22.4 Å². The van der Waals surface area contributed by atoms with Crippen molar-refractivity contribution in [1.82, 2.24) is 26.0 Å². The molecule has 4 aromatic rings. The molecule has 0 aliphatic heterocycles. The van der Waals surface area contributed by atoms with Crippen molar-refractivity contribution in [3.8, 4) is 11.3 Å². The Balaban J connectivity index is 1.24. The predicted molar refractivity (Wildman–Crippen MR) is 122 cm³/mol. The van der Waals surface area contributed by atoms with Gasteiger partial charge in [-0.05, 0) is 17.5 Å². The SMILES string of the molecule is O=C(Cc1csc(NC(=O)Cc2cccs2)n1)NNC(=O)c1cc(-c2ccccc2)n[nH]1. The van der Waals surface area contributed by atoms with Crippen molar-refractivity contribution in [1.29, 1.82) is 0 Å². The lowest BCUT2D eigenvalue weighted by Gasteiger charge is -2.05. The molecule has 3 aromatic heterocycles. The van der Waals surface area contributed by atoms with Crippen LogP contribution < -0.4 is 16.2 Å². The van der Waals surface area contributed by atoms with Gasteiger partial charge in [0, 0.05) is 15.8 Å². The van der Waals surface area contributed by atoms with E-state index in [0.29, 0.717) is 16.5 Å². The zero-order valence-corrected chi connectivity index (χ0v) is 18.3. The monoisotopic (exact) mass is 466 g/mol. The summed E-state index contributed by atoms with van der Waals surface area (Å²) < 4.78 is 0. The molecule has 11 heteroatoms. The molecule has 0 bridgehead atoms. The molecule has 0 fully saturated rings. The fraction of sp³-hybridized carbons (Fsp3) is 0.0952. The molecule has 9 nitrogen and oxygen atoms in total. The lowest BCUT2D eigenvalue weighted by Crippen LogP contribution is -2.42. The summed E-state index contributed by atoms with van der Waals surface area (Å²) in [6, 6.07) is 14.8. The Kier molecular flexibility index (Phi) is 6.68. The van der Waals surface area contributed by atoms with E-state index >= 15 is 0 Å². The Morgan fingerprint density at radius 3 is 2.56 bits per heavy atom. The van der Waals surface area contributed by atoms with Crippen molar-refractivity contribution in [2.24, 2.45) is 0 Å². The highest BCUT2D eigenvalue weighted by atomic mass is 32.1. The Labute approximate surface area is 190 Å². The molecule has 3 amide bonds. The van der Waals surface area contributed by atoms with E-state index in [9.17, 15) is 14.4 Å². The number of hydrogen-bond donors (Lipinski definition) is 4. The van der Waals surface area contributed by atoms with Crippen molar-refractivity contribution < 1.29 is 14.4 Å². The number of benzene rings is 1. The molecule has 0 saturated carbocycles. The zero-order chi connectivity index (χ0) is 22.3. The van der Waals surface area contributed by atoms with Crippen LogP contribution in [0.1, 0.15) is 21.1 Å². The first-order valence-electron chi connectivity index (χ1n) is 9.53. The standard InChI is InChI=1S/C21H18N6O3S2/c28-18(10-15-7-4-8-31-15)23-21-22-14(12-32-21)9-19(29)26-27-20(30)17-11-16(24-25-17)13-5-2-1-3-6-13/h1-8,11-12H,9-10H2,(H,24,25)(H,26,29)(H,27,30)(H,22,23,28). The number of carbonyl (C=O) groups is 3. The van der Waals surface area contributed by atoms with E-state index in [1.807, 2.05) is 47.8 Å². The van der Waals surface area contributed by atoms with Gasteiger partial charge in [-0.2, -0.15) is 5.10 Å². The molecule has 4 rings (SSSR count). The van der Waals surface area contributed by atoms with Gasteiger partial charge in [0.15, 0.2) is 5.13 Å². The van der Waals surface area contributed by atoms with Gasteiger partial charge >= 0.3 is 0 Å². The third-order valence-corrected chi connectivity index (χ3v) is 5.95. The fourth-order valence-electron chi connectivity index (χ4n) is 2.78. The minimum Gasteiger partial charge on any atom is -0.302 e. The number of hydrogen-bond acceptors (Lipinski definition) is 7. The van der Waals surface area contributed by atoms with Gasteiger partial charge in [-0.15, -0.1) is 22.7 Å². The molecule has 3 heterocycles. The summed E-state index contributed by atoms with van der Waals surface area (Å²) in [6.07, 6.45) is 0.231. The van der Waals surface area contributed by atoms with Crippen molar-refractivity contribution >= 4 is 45.5 Å². The number of carbonyl (C=O) groups excluding carboxylic acids is 3. The third-order valence-electron chi connectivity index (χ3n) is 4.26. The summed E-state index contributed by atoms with van der Waals surface area (Å²) in [6.45, 7) is 0. The molecule has 1 aromatic carbocycles. The van der Waals surface area contributed by atoms with E-state index in [1.54, 1.807) is 11.4 Å². The van der Waals surface area contributed by atoms with E-state index in [0.717, 1.165) is 10.4 Å². The fourth-order valence-corrected chi connectivity index (χ4v) is 4.21. The number of aromatic nitrogens is 3. The topological polar surface area (TPSA) is 129 Å². The van der Waals surface area contributed by atoms with Crippen LogP contribution in [0.5, 0.6) is 0 Å². The van der Waals surface area contributed by atoms with Crippen LogP contribution in [0, 0.1) is 0 Å². The second kappa shape index (κ2) is 9.98. The second-order valence-corrected chi connectivity index (χ2v) is 8.55. The Bertz CT molecular complexity index is 1220. The average molecular weight is 467 g/mol. The van der Waals surface area contributed by atoms with E-state index in [2.05, 4.69) is 31.3 Å². The summed E-state index contributed by atoms with van der Waals surface area (Å²) in [4.78, 5) is 41.6. The maximum absolute atomic E-state index is 12.2. The van der Waals surface area contributed by atoms with Gasteiger partial charge in [0.25, 0.3) is 5.91 Å².